The Labute approximate surface area is 112 Å². The zero-order valence-electron chi connectivity index (χ0n) is 10.1. The summed E-state index contributed by atoms with van der Waals surface area (Å²) in [5.41, 5.74) is 1.74. The first kappa shape index (κ1) is 12.7. The van der Waals surface area contributed by atoms with Gasteiger partial charge in [0.05, 0.1) is 6.42 Å². The second-order valence-electron chi connectivity index (χ2n) is 4.06. The van der Waals surface area contributed by atoms with E-state index < -0.39 is 0 Å². The Morgan fingerprint density at radius 3 is 2.33 bits per heavy atom. The predicted molar refractivity (Wildman–Crippen MR) is 75.0 cm³/mol. The third-order valence-electron chi connectivity index (χ3n) is 2.82. The zero-order chi connectivity index (χ0) is 13.0. The first-order chi connectivity index (χ1) is 8.68. The van der Waals surface area contributed by atoms with E-state index in [0.29, 0.717) is 11.4 Å². The predicted octanol–water partition coefficient (Wildman–Crippen LogP) is 3.55. The standard InChI is InChI=1S/C15H14ClNO/c1-17(13-8-3-2-4-9-13)15(18)11-12-7-5-6-10-14(12)16/h2-10H,11H2,1H3. The molecule has 0 aliphatic heterocycles. The highest BCUT2D eigenvalue weighted by Crippen LogP contribution is 2.18. The second-order valence-corrected chi connectivity index (χ2v) is 4.46. The molecule has 0 saturated heterocycles. The van der Waals surface area contributed by atoms with Gasteiger partial charge >= 0.3 is 0 Å². The molecule has 2 aromatic rings. The monoisotopic (exact) mass is 259 g/mol. The van der Waals surface area contributed by atoms with Crippen LogP contribution in [0.2, 0.25) is 5.02 Å². The van der Waals surface area contributed by atoms with Crippen LogP contribution in [-0.4, -0.2) is 13.0 Å². The summed E-state index contributed by atoms with van der Waals surface area (Å²) < 4.78 is 0. The molecule has 3 heteroatoms. The van der Waals surface area contributed by atoms with Crippen molar-refractivity contribution in [3.63, 3.8) is 0 Å². The fraction of sp³-hybridized carbons (Fsp3) is 0.133. The van der Waals surface area contributed by atoms with Crippen LogP contribution in [0.25, 0.3) is 0 Å². The molecule has 0 fully saturated rings. The average Bonchev–Trinajstić information content (AvgIpc) is 2.41. The Morgan fingerprint density at radius 2 is 1.67 bits per heavy atom. The van der Waals surface area contributed by atoms with Crippen LogP contribution in [0.15, 0.2) is 54.6 Å². The van der Waals surface area contributed by atoms with Crippen molar-refractivity contribution in [1.29, 1.82) is 0 Å². The van der Waals surface area contributed by atoms with Gasteiger partial charge in [-0.2, -0.15) is 0 Å². The van der Waals surface area contributed by atoms with Gasteiger partial charge < -0.3 is 4.90 Å². The lowest BCUT2D eigenvalue weighted by molar-refractivity contribution is -0.117. The van der Waals surface area contributed by atoms with Crippen LogP contribution in [0.1, 0.15) is 5.56 Å². The lowest BCUT2D eigenvalue weighted by atomic mass is 10.1. The molecule has 0 atom stereocenters. The molecular weight excluding hydrogens is 246 g/mol. The van der Waals surface area contributed by atoms with Crippen LogP contribution < -0.4 is 4.90 Å². The summed E-state index contributed by atoms with van der Waals surface area (Å²) in [6.45, 7) is 0. The number of likely N-dealkylation sites (N-methyl/N-ethyl adjacent to an activating group) is 1. The number of anilines is 1. The fourth-order valence-corrected chi connectivity index (χ4v) is 1.92. The normalized spacial score (nSPS) is 10.1. The Morgan fingerprint density at radius 1 is 1.06 bits per heavy atom. The number of halogens is 1. The molecule has 0 aliphatic rings. The lowest BCUT2D eigenvalue weighted by Crippen LogP contribution is -2.27. The summed E-state index contributed by atoms with van der Waals surface area (Å²) in [4.78, 5) is 13.8. The van der Waals surface area contributed by atoms with E-state index in [1.54, 1.807) is 18.0 Å². The lowest BCUT2D eigenvalue weighted by Gasteiger charge is -2.17. The van der Waals surface area contributed by atoms with Crippen molar-refractivity contribution in [2.24, 2.45) is 0 Å². The molecule has 2 rings (SSSR count). The van der Waals surface area contributed by atoms with Crippen LogP contribution in [0, 0.1) is 0 Å². The van der Waals surface area contributed by atoms with E-state index in [-0.39, 0.29) is 5.91 Å². The molecule has 0 saturated carbocycles. The van der Waals surface area contributed by atoms with Gasteiger partial charge in [-0.1, -0.05) is 48.0 Å². The summed E-state index contributed by atoms with van der Waals surface area (Å²) in [5.74, 6) is 0.0225. The van der Waals surface area contributed by atoms with Gasteiger partial charge in [0.15, 0.2) is 0 Å². The molecule has 92 valence electrons. The molecule has 2 aromatic carbocycles. The highest BCUT2D eigenvalue weighted by molar-refractivity contribution is 6.31. The highest BCUT2D eigenvalue weighted by atomic mass is 35.5. The van der Waals surface area contributed by atoms with Crippen LogP contribution >= 0.6 is 11.6 Å². The Kier molecular flexibility index (Phi) is 4.00. The number of benzene rings is 2. The van der Waals surface area contributed by atoms with E-state index in [1.165, 1.54) is 0 Å². The summed E-state index contributed by atoms with van der Waals surface area (Å²) >= 11 is 6.05. The Hall–Kier alpha value is -1.80. The molecule has 0 aliphatic carbocycles. The maximum Gasteiger partial charge on any atom is 0.231 e. The minimum atomic E-state index is 0.0225. The van der Waals surface area contributed by atoms with Crippen molar-refractivity contribution in [2.75, 3.05) is 11.9 Å². The number of carbonyl (C=O) groups excluding carboxylic acids is 1. The maximum absolute atomic E-state index is 12.1. The van der Waals surface area contributed by atoms with E-state index >= 15 is 0 Å². The van der Waals surface area contributed by atoms with Gasteiger partial charge in [0.2, 0.25) is 5.91 Å². The van der Waals surface area contributed by atoms with E-state index in [0.717, 1.165) is 11.3 Å². The molecule has 0 radical (unpaired) electrons. The smallest absolute Gasteiger partial charge is 0.231 e. The number of amides is 1. The molecular formula is C15H14ClNO. The number of hydrogen-bond donors (Lipinski definition) is 0. The van der Waals surface area contributed by atoms with Crippen molar-refractivity contribution in [3.05, 3.63) is 65.2 Å². The fourth-order valence-electron chi connectivity index (χ4n) is 1.72. The van der Waals surface area contributed by atoms with Gasteiger partial charge in [0.25, 0.3) is 0 Å². The summed E-state index contributed by atoms with van der Waals surface area (Å²) in [7, 11) is 1.77. The molecule has 0 unspecified atom stereocenters. The molecule has 0 N–H and O–H groups in total. The van der Waals surface area contributed by atoms with Crippen molar-refractivity contribution < 1.29 is 4.79 Å². The largest absolute Gasteiger partial charge is 0.315 e. The zero-order valence-corrected chi connectivity index (χ0v) is 10.9. The number of nitrogens with zero attached hydrogens (tertiary/aromatic N) is 1. The Bertz CT molecular complexity index is 539. The minimum absolute atomic E-state index is 0.0225. The van der Waals surface area contributed by atoms with Crippen molar-refractivity contribution in [1.82, 2.24) is 0 Å². The molecule has 0 spiro atoms. The van der Waals surface area contributed by atoms with Gasteiger partial charge in [-0.25, -0.2) is 0 Å². The second kappa shape index (κ2) is 5.69. The third kappa shape index (κ3) is 2.90. The van der Waals surface area contributed by atoms with Gasteiger partial charge in [0.1, 0.15) is 0 Å². The van der Waals surface area contributed by atoms with Crippen LogP contribution in [0.3, 0.4) is 0 Å². The van der Waals surface area contributed by atoms with Crippen molar-refractivity contribution >= 4 is 23.2 Å². The quantitative estimate of drug-likeness (QED) is 0.826. The summed E-state index contributed by atoms with van der Waals surface area (Å²) in [6.07, 6.45) is 0.311. The summed E-state index contributed by atoms with van der Waals surface area (Å²) in [6, 6.07) is 17.0. The van der Waals surface area contributed by atoms with Crippen LogP contribution in [0.4, 0.5) is 5.69 Å². The number of para-hydroxylation sites is 1. The average molecular weight is 260 g/mol. The minimum Gasteiger partial charge on any atom is -0.315 e. The number of hydrogen-bond acceptors (Lipinski definition) is 1. The highest BCUT2D eigenvalue weighted by Gasteiger charge is 2.12. The van der Waals surface area contributed by atoms with Crippen molar-refractivity contribution in [2.45, 2.75) is 6.42 Å². The molecule has 2 nitrogen and oxygen atoms in total. The number of rotatable bonds is 3. The Balaban J connectivity index is 2.12. The first-order valence-corrected chi connectivity index (χ1v) is 6.11. The van der Waals surface area contributed by atoms with E-state index in [9.17, 15) is 4.79 Å². The van der Waals surface area contributed by atoms with Gasteiger partial charge in [-0.05, 0) is 23.8 Å². The van der Waals surface area contributed by atoms with Gasteiger partial charge in [-0.15, -0.1) is 0 Å². The SMILES string of the molecule is CN(C(=O)Cc1ccccc1Cl)c1ccccc1. The van der Waals surface area contributed by atoms with Gasteiger partial charge in [0, 0.05) is 17.8 Å². The number of carbonyl (C=O) groups is 1. The third-order valence-corrected chi connectivity index (χ3v) is 3.19. The summed E-state index contributed by atoms with van der Waals surface area (Å²) in [5, 5.41) is 0.632. The molecule has 0 aromatic heterocycles. The molecule has 18 heavy (non-hydrogen) atoms. The topological polar surface area (TPSA) is 20.3 Å². The van der Waals surface area contributed by atoms with E-state index in [4.69, 9.17) is 11.6 Å². The van der Waals surface area contributed by atoms with Crippen LogP contribution in [-0.2, 0) is 11.2 Å². The maximum atomic E-state index is 12.1. The van der Waals surface area contributed by atoms with Gasteiger partial charge in [-0.3, -0.25) is 4.79 Å². The molecule has 0 heterocycles. The van der Waals surface area contributed by atoms with Crippen molar-refractivity contribution in [3.8, 4) is 0 Å². The van der Waals surface area contributed by atoms with E-state index in [2.05, 4.69) is 0 Å². The first-order valence-electron chi connectivity index (χ1n) is 5.73. The molecule has 1 amide bonds. The van der Waals surface area contributed by atoms with E-state index in [1.807, 2.05) is 48.5 Å². The van der Waals surface area contributed by atoms with Crippen LogP contribution in [0.5, 0.6) is 0 Å². The molecule has 0 bridgehead atoms.